The van der Waals surface area contributed by atoms with Crippen LogP contribution < -0.4 is 15.4 Å². The molecule has 2 aliphatic rings. The number of fused-ring (bicyclic) bond motifs is 1. The van der Waals surface area contributed by atoms with E-state index in [0.29, 0.717) is 12.1 Å². The summed E-state index contributed by atoms with van der Waals surface area (Å²) in [5, 5.41) is 4.81. The van der Waals surface area contributed by atoms with Crippen molar-refractivity contribution in [1.29, 1.82) is 0 Å². The summed E-state index contributed by atoms with van der Waals surface area (Å²) >= 11 is 0. The summed E-state index contributed by atoms with van der Waals surface area (Å²) in [6.07, 6.45) is 6.66. The molecule has 0 saturated carbocycles. The standard InChI is InChI=1S/C25H33N7O3S/c1-16-7-8-20(29-36(3,34)35)19(12-16)25(33)31-10-5-4-6-22(31)21-13-23-27-24(17(2)14-32(23)28-21)30-11-9-18(26)15-30/h7-8,12-14,18,22,29H,4-6,9-11,15,26H2,1-3H3/t18-,22-/m0/s1. The monoisotopic (exact) mass is 511 g/mol. The van der Waals surface area contributed by atoms with Crippen LogP contribution >= 0.6 is 0 Å². The summed E-state index contributed by atoms with van der Waals surface area (Å²) in [6, 6.07) is 7.08. The molecule has 36 heavy (non-hydrogen) atoms. The zero-order chi connectivity index (χ0) is 25.6. The Morgan fingerprint density at radius 1 is 1.14 bits per heavy atom. The lowest BCUT2D eigenvalue weighted by Gasteiger charge is -2.35. The molecular weight excluding hydrogens is 478 g/mol. The number of nitrogens with zero attached hydrogens (tertiary/aromatic N) is 5. The van der Waals surface area contributed by atoms with Gasteiger partial charge in [-0.15, -0.1) is 0 Å². The van der Waals surface area contributed by atoms with E-state index >= 15 is 0 Å². The third-order valence-electron chi connectivity index (χ3n) is 6.95. The van der Waals surface area contributed by atoms with Crippen LogP contribution in [0.5, 0.6) is 0 Å². The highest BCUT2D eigenvalue weighted by atomic mass is 32.2. The number of carbonyl (C=O) groups excluding carboxylic acids is 1. The summed E-state index contributed by atoms with van der Waals surface area (Å²) in [5.41, 5.74) is 10.2. The quantitative estimate of drug-likeness (QED) is 0.539. The van der Waals surface area contributed by atoms with Gasteiger partial charge in [-0.3, -0.25) is 9.52 Å². The van der Waals surface area contributed by atoms with Crippen LogP contribution in [0.1, 0.15) is 58.9 Å². The van der Waals surface area contributed by atoms with Gasteiger partial charge in [-0.2, -0.15) is 5.10 Å². The normalized spacial score (nSPS) is 20.8. The summed E-state index contributed by atoms with van der Waals surface area (Å²) < 4.78 is 28.1. The van der Waals surface area contributed by atoms with Gasteiger partial charge in [0.15, 0.2) is 5.65 Å². The van der Waals surface area contributed by atoms with E-state index in [0.717, 1.165) is 73.3 Å². The number of aromatic nitrogens is 3. The van der Waals surface area contributed by atoms with Gasteiger partial charge in [0.2, 0.25) is 10.0 Å². The Morgan fingerprint density at radius 3 is 2.67 bits per heavy atom. The number of benzene rings is 1. The van der Waals surface area contributed by atoms with Crippen LogP contribution in [0.4, 0.5) is 11.5 Å². The van der Waals surface area contributed by atoms with Gasteiger partial charge in [0.25, 0.3) is 5.91 Å². The van der Waals surface area contributed by atoms with E-state index in [1.54, 1.807) is 22.7 Å². The largest absolute Gasteiger partial charge is 0.355 e. The second kappa shape index (κ2) is 9.36. The van der Waals surface area contributed by atoms with Crippen LogP contribution in [0.2, 0.25) is 0 Å². The van der Waals surface area contributed by atoms with Crippen LogP contribution in [0.15, 0.2) is 30.5 Å². The second-order valence-electron chi connectivity index (χ2n) is 10.0. The minimum Gasteiger partial charge on any atom is -0.355 e. The number of nitrogens with two attached hydrogens (primary N) is 1. The Bertz CT molecular complexity index is 1420. The third kappa shape index (κ3) is 4.90. The lowest BCUT2D eigenvalue weighted by Crippen LogP contribution is -2.39. The molecule has 5 rings (SSSR count). The molecule has 2 saturated heterocycles. The summed E-state index contributed by atoms with van der Waals surface area (Å²) in [5.74, 6) is 0.720. The number of rotatable bonds is 5. The number of sulfonamides is 1. The number of nitrogens with one attached hydrogen (secondary N) is 1. The predicted molar refractivity (Wildman–Crippen MR) is 140 cm³/mol. The van der Waals surface area contributed by atoms with Gasteiger partial charge in [0.05, 0.1) is 29.2 Å². The van der Waals surface area contributed by atoms with E-state index in [-0.39, 0.29) is 23.7 Å². The molecular formula is C25H33N7O3S. The first kappa shape index (κ1) is 24.5. The number of piperidine rings is 1. The molecule has 0 bridgehead atoms. The molecule has 2 aliphatic heterocycles. The second-order valence-corrected chi connectivity index (χ2v) is 11.8. The highest BCUT2D eigenvalue weighted by molar-refractivity contribution is 7.92. The van der Waals surface area contributed by atoms with Crippen molar-refractivity contribution in [2.45, 2.75) is 51.6 Å². The van der Waals surface area contributed by atoms with Crippen LogP contribution in [-0.4, -0.2) is 65.8 Å². The lowest BCUT2D eigenvalue weighted by molar-refractivity contribution is 0.0606. The number of amides is 1. The first-order chi connectivity index (χ1) is 17.1. The first-order valence-corrected chi connectivity index (χ1v) is 14.2. The van der Waals surface area contributed by atoms with Crippen LogP contribution in [-0.2, 0) is 10.0 Å². The fourth-order valence-corrected chi connectivity index (χ4v) is 5.82. The van der Waals surface area contributed by atoms with Crippen LogP contribution in [0.25, 0.3) is 5.65 Å². The molecule has 4 heterocycles. The molecule has 11 heteroatoms. The van der Waals surface area contributed by atoms with Crippen molar-refractivity contribution in [2.24, 2.45) is 5.73 Å². The number of hydrogen-bond donors (Lipinski definition) is 2. The van der Waals surface area contributed by atoms with E-state index < -0.39 is 10.0 Å². The molecule has 2 atom stereocenters. The maximum Gasteiger partial charge on any atom is 0.256 e. The Balaban J connectivity index is 1.49. The Morgan fingerprint density at radius 2 is 1.94 bits per heavy atom. The molecule has 3 N–H and O–H groups in total. The Kier molecular flexibility index (Phi) is 6.37. The maximum atomic E-state index is 13.8. The number of hydrogen-bond acceptors (Lipinski definition) is 7. The van der Waals surface area contributed by atoms with Crippen molar-refractivity contribution in [3.63, 3.8) is 0 Å². The zero-order valence-electron chi connectivity index (χ0n) is 20.9. The van der Waals surface area contributed by atoms with Crippen molar-refractivity contribution < 1.29 is 13.2 Å². The first-order valence-electron chi connectivity index (χ1n) is 12.4. The molecule has 0 spiro atoms. The molecule has 2 aromatic heterocycles. The van der Waals surface area contributed by atoms with Crippen molar-refractivity contribution in [3.8, 4) is 0 Å². The van der Waals surface area contributed by atoms with E-state index in [1.807, 2.05) is 31.0 Å². The summed E-state index contributed by atoms with van der Waals surface area (Å²) in [6.45, 7) is 6.16. The smallest absolute Gasteiger partial charge is 0.256 e. The zero-order valence-corrected chi connectivity index (χ0v) is 21.8. The molecule has 1 amide bonds. The number of carbonyl (C=O) groups is 1. The maximum absolute atomic E-state index is 13.8. The number of aryl methyl sites for hydroxylation is 2. The average Bonchev–Trinajstić information content (AvgIpc) is 3.44. The average molecular weight is 512 g/mol. The van der Waals surface area contributed by atoms with Crippen LogP contribution in [0, 0.1) is 13.8 Å². The Hall–Kier alpha value is -3.18. The van der Waals surface area contributed by atoms with Crippen molar-refractivity contribution in [1.82, 2.24) is 19.5 Å². The molecule has 2 fully saturated rings. The minimum atomic E-state index is -3.54. The fourth-order valence-electron chi connectivity index (χ4n) is 5.24. The van der Waals surface area contributed by atoms with Gasteiger partial charge >= 0.3 is 0 Å². The van der Waals surface area contributed by atoms with Gasteiger partial charge < -0.3 is 15.5 Å². The van der Waals surface area contributed by atoms with Gasteiger partial charge in [0, 0.05) is 43.5 Å². The van der Waals surface area contributed by atoms with E-state index in [2.05, 4.69) is 9.62 Å². The summed E-state index contributed by atoms with van der Waals surface area (Å²) in [7, 11) is -3.54. The van der Waals surface area contributed by atoms with Gasteiger partial charge in [-0.1, -0.05) is 11.6 Å². The highest BCUT2D eigenvalue weighted by Crippen LogP contribution is 2.34. The van der Waals surface area contributed by atoms with Crippen molar-refractivity contribution >= 4 is 33.1 Å². The lowest BCUT2D eigenvalue weighted by atomic mass is 9.97. The Labute approximate surface area is 211 Å². The van der Waals surface area contributed by atoms with Gasteiger partial charge in [-0.05, 0) is 51.7 Å². The van der Waals surface area contributed by atoms with E-state index in [4.69, 9.17) is 15.8 Å². The van der Waals surface area contributed by atoms with E-state index in [1.165, 1.54) is 0 Å². The molecule has 0 aliphatic carbocycles. The minimum absolute atomic E-state index is 0.161. The van der Waals surface area contributed by atoms with Crippen molar-refractivity contribution in [3.05, 3.63) is 52.8 Å². The molecule has 10 nitrogen and oxygen atoms in total. The molecule has 1 aromatic carbocycles. The number of likely N-dealkylation sites (tertiary alicyclic amines) is 1. The van der Waals surface area contributed by atoms with E-state index in [9.17, 15) is 13.2 Å². The third-order valence-corrected chi connectivity index (χ3v) is 7.54. The van der Waals surface area contributed by atoms with Crippen LogP contribution in [0.3, 0.4) is 0 Å². The predicted octanol–water partition coefficient (Wildman–Crippen LogP) is 2.62. The van der Waals surface area contributed by atoms with Crippen molar-refractivity contribution in [2.75, 3.05) is 35.5 Å². The fraction of sp³-hybridized carbons (Fsp3) is 0.480. The summed E-state index contributed by atoms with van der Waals surface area (Å²) in [4.78, 5) is 22.7. The van der Waals surface area contributed by atoms with Gasteiger partial charge in [-0.25, -0.2) is 17.9 Å². The molecule has 192 valence electrons. The molecule has 3 aromatic rings. The molecule has 0 radical (unpaired) electrons. The molecule has 0 unspecified atom stereocenters. The topological polar surface area (TPSA) is 126 Å². The number of anilines is 2. The SMILES string of the molecule is Cc1ccc(NS(C)(=O)=O)c(C(=O)N2CCCC[C@H]2c2cc3nc(N4CC[C@H](N)C4)c(C)cn3n2)c1. The highest BCUT2D eigenvalue weighted by Gasteiger charge is 2.32. The van der Waals surface area contributed by atoms with Gasteiger partial charge in [0.1, 0.15) is 5.82 Å².